The molecule has 0 aromatic heterocycles. The molecular weight excluding hydrogens is 464 g/mol. The van der Waals surface area contributed by atoms with Crippen molar-refractivity contribution in [3.8, 4) is 11.5 Å². The van der Waals surface area contributed by atoms with Gasteiger partial charge in [0, 0.05) is 30.8 Å². The number of anilines is 1. The second-order valence-corrected chi connectivity index (χ2v) is 9.24. The van der Waals surface area contributed by atoms with Crippen molar-refractivity contribution in [1.29, 1.82) is 0 Å². The van der Waals surface area contributed by atoms with Crippen LogP contribution in [0.1, 0.15) is 30.9 Å². The summed E-state index contributed by atoms with van der Waals surface area (Å²) in [6, 6.07) is 11.9. The summed E-state index contributed by atoms with van der Waals surface area (Å²) in [7, 11) is 0. The number of hydrogen-bond acceptors (Lipinski definition) is 7. The van der Waals surface area contributed by atoms with Crippen molar-refractivity contribution in [3.63, 3.8) is 0 Å². The Morgan fingerprint density at radius 3 is 2.58 bits per heavy atom. The number of aliphatic hydroxyl groups excluding tert-OH is 1. The fourth-order valence-corrected chi connectivity index (χ4v) is 5.76. The molecule has 1 N–H and O–H groups in total. The largest absolute Gasteiger partial charge is 0.507 e. The minimum absolute atomic E-state index is 0.0696. The van der Waals surface area contributed by atoms with Gasteiger partial charge in [0.15, 0.2) is 17.0 Å². The van der Waals surface area contributed by atoms with E-state index in [1.54, 1.807) is 47.4 Å². The lowest BCUT2D eigenvalue weighted by molar-refractivity contribution is -0.145. The molecule has 0 unspecified atom stereocenters. The lowest BCUT2D eigenvalue weighted by Crippen LogP contribution is -2.53. The van der Waals surface area contributed by atoms with Gasteiger partial charge in [-0.3, -0.25) is 14.4 Å². The van der Waals surface area contributed by atoms with Crippen molar-refractivity contribution in [1.82, 2.24) is 4.90 Å². The summed E-state index contributed by atoms with van der Waals surface area (Å²) < 4.78 is 17.0. The molecule has 2 amide bonds. The number of likely N-dealkylation sites (N-methyl/N-ethyl adjacent to an activating group) is 1. The first-order valence-electron chi connectivity index (χ1n) is 12.2. The van der Waals surface area contributed by atoms with E-state index in [1.807, 2.05) is 6.92 Å². The van der Waals surface area contributed by atoms with Crippen LogP contribution in [0.2, 0.25) is 0 Å². The molecule has 4 aliphatic rings. The molecule has 0 saturated carbocycles. The summed E-state index contributed by atoms with van der Waals surface area (Å²) in [6.07, 6.45) is 1.25. The number of carbonyl (C=O) groups excluding carboxylic acids is 3. The van der Waals surface area contributed by atoms with Crippen LogP contribution in [0.4, 0.5) is 5.69 Å². The van der Waals surface area contributed by atoms with Gasteiger partial charge in [-0.1, -0.05) is 18.2 Å². The van der Waals surface area contributed by atoms with Crippen molar-refractivity contribution in [2.45, 2.75) is 31.4 Å². The molecule has 6 rings (SSSR count). The maximum absolute atomic E-state index is 14.2. The number of nitrogens with zero attached hydrogens (tertiary/aromatic N) is 2. The molecular formula is C27H26N2O7. The molecule has 2 fully saturated rings. The lowest BCUT2D eigenvalue weighted by Gasteiger charge is -2.35. The molecule has 2 atom stereocenters. The number of Topliss-reactive ketones (excluding diaryl/α,β-unsaturated/α-hetero) is 1. The first-order valence-corrected chi connectivity index (χ1v) is 12.2. The van der Waals surface area contributed by atoms with E-state index in [2.05, 4.69) is 0 Å². The van der Waals surface area contributed by atoms with Gasteiger partial charge in [-0.05, 0) is 44.0 Å². The lowest BCUT2D eigenvalue weighted by atomic mass is 9.81. The van der Waals surface area contributed by atoms with E-state index >= 15 is 0 Å². The van der Waals surface area contributed by atoms with E-state index in [0.717, 1.165) is 6.42 Å². The van der Waals surface area contributed by atoms with Gasteiger partial charge in [0.1, 0.15) is 19.0 Å². The Morgan fingerprint density at radius 1 is 1.06 bits per heavy atom. The van der Waals surface area contributed by atoms with Crippen molar-refractivity contribution >= 4 is 29.0 Å². The number of fused-ring (bicyclic) bond motifs is 3. The number of para-hydroxylation sites is 1. The quantitative estimate of drug-likeness (QED) is 0.399. The predicted octanol–water partition coefficient (Wildman–Crippen LogP) is 2.58. The van der Waals surface area contributed by atoms with Crippen LogP contribution in [0.25, 0.3) is 5.76 Å². The van der Waals surface area contributed by atoms with E-state index in [9.17, 15) is 19.5 Å². The molecule has 9 nitrogen and oxygen atoms in total. The summed E-state index contributed by atoms with van der Waals surface area (Å²) in [4.78, 5) is 44.3. The molecule has 0 bridgehead atoms. The van der Waals surface area contributed by atoms with Crippen molar-refractivity contribution in [3.05, 3.63) is 59.2 Å². The SMILES string of the molecule is CCN1C(=O)[C@]2(C(=C(O)c3ccc4c(c3)OCCO4)C(=O)C(=O)N2C[C@@H]2CCCO2)c2ccccc21. The standard InChI is InChI=1S/C27H26N2O7/c1-2-28-19-8-4-3-7-18(19)27(26(28)33)22(24(31)25(32)29(27)15-17-6-5-11-34-17)23(30)16-9-10-20-21(14-16)36-13-12-35-20/h3-4,7-10,14,17,30H,2,5-6,11-13,15H2,1H3/t17-,27+/m0/s1. The monoisotopic (exact) mass is 490 g/mol. The number of benzene rings is 2. The molecule has 1 spiro atoms. The van der Waals surface area contributed by atoms with Crippen LogP contribution in [0.15, 0.2) is 48.0 Å². The van der Waals surface area contributed by atoms with Gasteiger partial charge in [-0.25, -0.2) is 0 Å². The van der Waals surface area contributed by atoms with Gasteiger partial charge in [-0.2, -0.15) is 0 Å². The number of ketones is 1. The van der Waals surface area contributed by atoms with Crippen LogP contribution in [0.5, 0.6) is 11.5 Å². The molecule has 36 heavy (non-hydrogen) atoms. The van der Waals surface area contributed by atoms with Gasteiger partial charge >= 0.3 is 0 Å². The number of rotatable bonds is 4. The minimum atomic E-state index is -1.79. The fraction of sp³-hybridized carbons (Fsp3) is 0.370. The summed E-state index contributed by atoms with van der Waals surface area (Å²) in [6.45, 7) is 3.56. The fourth-order valence-electron chi connectivity index (χ4n) is 5.76. The maximum Gasteiger partial charge on any atom is 0.296 e. The van der Waals surface area contributed by atoms with Gasteiger partial charge in [-0.15, -0.1) is 0 Å². The van der Waals surface area contributed by atoms with E-state index in [-0.39, 0.29) is 23.8 Å². The van der Waals surface area contributed by atoms with Gasteiger partial charge in [0.2, 0.25) is 0 Å². The highest BCUT2D eigenvalue weighted by atomic mass is 16.6. The van der Waals surface area contributed by atoms with Crippen molar-refractivity contribution in [2.24, 2.45) is 0 Å². The highest BCUT2D eigenvalue weighted by Gasteiger charge is 2.67. The van der Waals surface area contributed by atoms with Crippen LogP contribution in [0.3, 0.4) is 0 Å². The zero-order valence-corrected chi connectivity index (χ0v) is 19.9. The summed E-state index contributed by atoms with van der Waals surface area (Å²) in [5.41, 5.74) is -0.667. The van der Waals surface area contributed by atoms with Crippen LogP contribution in [0, 0.1) is 0 Å². The van der Waals surface area contributed by atoms with Crippen LogP contribution >= 0.6 is 0 Å². The molecule has 2 aromatic carbocycles. The molecule has 0 aliphatic carbocycles. The van der Waals surface area contributed by atoms with E-state index in [4.69, 9.17) is 14.2 Å². The third-order valence-electron chi connectivity index (χ3n) is 7.35. The van der Waals surface area contributed by atoms with E-state index in [1.165, 1.54) is 4.90 Å². The molecule has 4 aliphatic heterocycles. The second-order valence-electron chi connectivity index (χ2n) is 9.24. The minimum Gasteiger partial charge on any atom is -0.507 e. The average molecular weight is 491 g/mol. The Hall–Kier alpha value is -3.85. The molecule has 4 heterocycles. The average Bonchev–Trinajstić information content (AvgIpc) is 3.56. The van der Waals surface area contributed by atoms with Crippen molar-refractivity contribution in [2.75, 3.05) is 37.8 Å². The van der Waals surface area contributed by atoms with Crippen LogP contribution in [-0.2, 0) is 24.7 Å². The third kappa shape index (κ3) is 3.02. The van der Waals surface area contributed by atoms with Crippen LogP contribution in [-0.4, -0.2) is 66.6 Å². The molecule has 0 radical (unpaired) electrons. The molecule has 2 saturated heterocycles. The van der Waals surface area contributed by atoms with Gasteiger partial charge < -0.3 is 29.1 Å². The predicted molar refractivity (Wildman–Crippen MR) is 129 cm³/mol. The van der Waals surface area contributed by atoms with Gasteiger partial charge in [0.25, 0.3) is 17.6 Å². The number of aliphatic hydroxyl groups is 1. The number of hydrogen-bond donors (Lipinski definition) is 1. The zero-order valence-electron chi connectivity index (χ0n) is 19.9. The van der Waals surface area contributed by atoms with Crippen LogP contribution < -0.4 is 14.4 Å². The molecule has 186 valence electrons. The number of ether oxygens (including phenoxy) is 3. The highest BCUT2D eigenvalue weighted by Crippen LogP contribution is 2.54. The Kier molecular flexibility index (Phi) is 5.26. The smallest absolute Gasteiger partial charge is 0.296 e. The Balaban J connectivity index is 1.59. The Bertz CT molecular complexity index is 1310. The number of amides is 2. The first-order chi connectivity index (χ1) is 17.5. The summed E-state index contributed by atoms with van der Waals surface area (Å²) in [5.74, 6) is -1.66. The normalized spacial score (nSPS) is 26.2. The van der Waals surface area contributed by atoms with E-state index in [0.29, 0.717) is 55.5 Å². The third-order valence-corrected chi connectivity index (χ3v) is 7.35. The summed E-state index contributed by atoms with van der Waals surface area (Å²) >= 11 is 0. The zero-order chi connectivity index (χ0) is 25.0. The number of carbonyl (C=O) groups is 3. The summed E-state index contributed by atoms with van der Waals surface area (Å²) in [5, 5.41) is 11.6. The molecule has 2 aromatic rings. The topological polar surface area (TPSA) is 106 Å². The number of likely N-dealkylation sites (tertiary alicyclic amines) is 1. The maximum atomic E-state index is 14.2. The highest BCUT2D eigenvalue weighted by molar-refractivity contribution is 6.50. The second kappa shape index (κ2) is 8.37. The first kappa shape index (κ1) is 22.6. The van der Waals surface area contributed by atoms with E-state index < -0.39 is 28.9 Å². The van der Waals surface area contributed by atoms with Gasteiger partial charge in [0.05, 0.1) is 17.4 Å². The molecule has 9 heteroatoms. The Labute approximate surface area is 207 Å². The van der Waals surface area contributed by atoms with Crippen molar-refractivity contribution < 1.29 is 33.7 Å². The Morgan fingerprint density at radius 2 is 1.83 bits per heavy atom.